The largest absolute Gasteiger partial charge is 0.396 e. The van der Waals surface area contributed by atoms with Crippen molar-refractivity contribution in [2.24, 2.45) is 0 Å². The minimum atomic E-state index is -0.0856. The third-order valence-electron chi connectivity index (χ3n) is 2.43. The molecule has 0 atom stereocenters. The van der Waals surface area contributed by atoms with E-state index >= 15 is 0 Å². The van der Waals surface area contributed by atoms with E-state index in [0.29, 0.717) is 12.1 Å². The monoisotopic (exact) mass is 231 g/mol. The molecule has 0 aliphatic rings. The summed E-state index contributed by atoms with van der Waals surface area (Å²) in [5.41, 5.74) is 1.38. The van der Waals surface area contributed by atoms with E-state index in [-0.39, 0.29) is 12.5 Å². The molecule has 90 valence electrons. The first kappa shape index (κ1) is 13.3. The van der Waals surface area contributed by atoms with Gasteiger partial charge in [-0.15, -0.1) is 6.42 Å². The Hall–Kier alpha value is -1.79. The van der Waals surface area contributed by atoms with Crippen molar-refractivity contribution in [3.05, 3.63) is 35.4 Å². The summed E-state index contributed by atoms with van der Waals surface area (Å²) in [5.74, 6) is 2.42. The summed E-state index contributed by atoms with van der Waals surface area (Å²) in [6, 6.07) is 6.94. The molecule has 0 heterocycles. The number of nitrogens with one attached hydrogen (secondary N) is 1. The number of carbonyl (C=O) groups is 1. The van der Waals surface area contributed by atoms with E-state index in [4.69, 9.17) is 11.5 Å². The van der Waals surface area contributed by atoms with Gasteiger partial charge in [-0.25, -0.2) is 0 Å². The van der Waals surface area contributed by atoms with E-state index in [1.807, 2.05) is 0 Å². The summed E-state index contributed by atoms with van der Waals surface area (Å²) in [7, 11) is 0. The SMILES string of the molecule is C#Cc1ccc(C(=O)NCCCCCO)cc1. The van der Waals surface area contributed by atoms with Gasteiger partial charge in [0.15, 0.2) is 0 Å². The van der Waals surface area contributed by atoms with Crippen LogP contribution in [0.15, 0.2) is 24.3 Å². The zero-order chi connectivity index (χ0) is 12.5. The lowest BCUT2D eigenvalue weighted by Gasteiger charge is -2.04. The Morgan fingerprint density at radius 1 is 1.24 bits per heavy atom. The highest BCUT2D eigenvalue weighted by Gasteiger charge is 2.03. The average Bonchev–Trinajstić information content (AvgIpc) is 2.38. The van der Waals surface area contributed by atoms with E-state index in [9.17, 15) is 4.79 Å². The Labute approximate surface area is 102 Å². The van der Waals surface area contributed by atoms with Crippen LogP contribution in [-0.4, -0.2) is 24.2 Å². The van der Waals surface area contributed by atoms with Crippen LogP contribution >= 0.6 is 0 Å². The molecule has 0 aliphatic heterocycles. The maximum atomic E-state index is 11.7. The number of unbranched alkanes of at least 4 members (excludes halogenated alkanes) is 2. The molecule has 3 nitrogen and oxygen atoms in total. The molecule has 1 aromatic rings. The molecule has 1 amide bonds. The molecular weight excluding hydrogens is 214 g/mol. The van der Waals surface area contributed by atoms with Gasteiger partial charge in [0.25, 0.3) is 5.91 Å². The van der Waals surface area contributed by atoms with E-state index in [0.717, 1.165) is 24.8 Å². The predicted molar refractivity (Wildman–Crippen MR) is 67.6 cm³/mol. The zero-order valence-electron chi connectivity index (χ0n) is 9.78. The van der Waals surface area contributed by atoms with E-state index in [1.54, 1.807) is 24.3 Å². The van der Waals surface area contributed by atoms with Gasteiger partial charge < -0.3 is 10.4 Å². The summed E-state index contributed by atoms with van der Waals surface area (Å²) in [6.45, 7) is 0.844. The summed E-state index contributed by atoms with van der Waals surface area (Å²) in [5, 5.41) is 11.4. The van der Waals surface area contributed by atoms with Crippen LogP contribution in [0, 0.1) is 12.3 Å². The Balaban J connectivity index is 2.34. The Morgan fingerprint density at radius 2 is 1.94 bits per heavy atom. The fourth-order valence-corrected chi connectivity index (χ4v) is 1.44. The maximum Gasteiger partial charge on any atom is 0.251 e. The van der Waals surface area contributed by atoms with Crippen molar-refractivity contribution < 1.29 is 9.90 Å². The molecule has 1 aromatic carbocycles. The van der Waals surface area contributed by atoms with Crippen LogP contribution in [0.4, 0.5) is 0 Å². The van der Waals surface area contributed by atoms with Gasteiger partial charge in [-0.05, 0) is 43.5 Å². The van der Waals surface area contributed by atoms with Gasteiger partial charge >= 0.3 is 0 Å². The molecule has 0 unspecified atom stereocenters. The standard InChI is InChI=1S/C14H17NO2/c1-2-12-6-8-13(9-7-12)14(17)15-10-4-3-5-11-16/h1,6-9,16H,3-5,10-11H2,(H,15,17). The minimum absolute atomic E-state index is 0.0856. The third kappa shape index (κ3) is 4.71. The number of hydrogen-bond acceptors (Lipinski definition) is 2. The second-order valence-electron chi connectivity index (χ2n) is 3.76. The number of carbonyl (C=O) groups excluding carboxylic acids is 1. The molecule has 0 fully saturated rings. The minimum Gasteiger partial charge on any atom is -0.396 e. The van der Waals surface area contributed by atoms with E-state index < -0.39 is 0 Å². The fourth-order valence-electron chi connectivity index (χ4n) is 1.44. The molecule has 0 aliphatic carbocycles. The lowest BCUT2D eigenvalue weighted by atomic mass is 10.1. The van der Waals surface area contributed by atoms with Crippen molar-refractivity contribution in [2.75, 3.05) is 13.2 Å². The van der Waals surface area contributed by atoms with Crippen LogP contribution in [0.2, 0.25) is 0 Å². The number of amides is 1. The van der Waals surface area contributed by atoms with Crippen LogP contribution < -0.4 is 5.32 Å². The maximum absolute atomic E-state index is 11.7. The molecular formula is C14H17NO2. The van der Waals surface area contributed by atoms with Gasteiger partial charge in [0.1, 0.15) is 0 Å². The third-order valence-corrected chi connectivity index (χ3v) is 2.43. The van der Waals surface area contributed by atoms with E-state index in [1.165, 1.54) is 0 Å². The van der Waals surface area contributed by atoms with Crippen LogP contribution in [0.3, 0.4) is 0 Å². The molecule has 0 saturated heterocycles. The molecule has 2 N–H and O–H groups in total. The van der Waals surface area contributed by atoms with Gasteiger partial charge in [-0.3, -0.25) is 4.79 Å². The zero-order valence-corrected chi connectivity index (χ0v) is 9.78. The highest BCUT2D eigenvalue weighted by Crippen LogP contribution is 2.03. The summed E-state index contributed by atoms with van der Waals surface area (Å²) < 4.78 is 0. The van der Waals surface area contributed by atoms with Crippen molar-refractivity contribution in [2.45, 2.75) is 19.3 Å². The topological polar surface area (TPSA) is 49.3 Å². The second-order valence-corrected chi connectivity index (χ2v) is 3.76. The highest BCUT2D eigenvalue weighted by atomic mass is 16.2. The van der Waals surface area contributed by atoms with Crippen molar-refractivity contribution in [3.8, 4) is 12.3 Å². The van der Waals surface area contributed by atoms with Gasteiger partial charge in [-0.1, -0.05) is 5.92 Å². The molecule has 0 spiro atoms. The number of hydrogen-bond donors (Lipinski definition) is 2. The first-order chi connectivity index (χ1) is 8.27. The highest BCUT2D eigenvalue weighted by molar-refractivity contribution is 5.94. The summed E-state index contributed by atoms with van der Waals surface area (Å²) in [4.78, 5) is 11.7. The molecule has 1 rings (SSSR count). The molecule has 0 saturated carbocycles. The fraction of sp³-hybridized carbons (Fsp3) is 0.357. The average molecular weight is 231 g/mol. The lowest BCUT2D eigenvalue weighted by molar-refractivity contribution is 0.0953. The van der Waals surface area contributed by atoms with Crippen LogP contribution in [0.5, 0.6) is 0 Å². The van der Waals surface area contributed by atoms with Crippen molar-refractivity contribution in [1.29, 1.82) is 0 Å². The van der Waals surface area contributed by atoms with Gasteiger partial charge in [0.05, 0.1) is 0 Å². The van der Waals surface area contributed by atoms with Gasteiger partial charge in [0, 0.05) is 24.3 Å². The van der Waals surface area contributed by atoms with E-state index in [2.05, 4.69) is 11.2 Å². The molecule has 0 aromatic heterocycles. The Kier molecular flexibility index (Phi) is 5.84. The Morgan fingerprint density at radius 3 is 2.53 bits per heavy atom. The van der Waals surface area contributed by atoms with Crippen LogP contribution in [-0.2, 0) is 0 Å². The lowest BCUT2D eigenvalue weighted by Crippen LogP contribution is -2.24. The number of aliphatic hydroxyl groups excluding tert-OH is 1. The van der Waals surface area contributed by atoms with Crippen molar-refractivity contribution in [3.63, 3.8) is 0 Å². The normalized spacial score (nSPS) is 9.65. The summed E-state index contributed by atoms with van der Waals surface area (Å²) in [6.07, 6.45) is 7.82. The molecule has 17 heavy (non-hydrogen) atoms. The summed E-state index contributed by atoms with van der Waals surface area (Å²) >= 11 is 0. The first-order valence-corrected chi connectivity index (χ1v) is 5.73. The predicted octanol–water partition coefficient (Wildman–Crippen LogP) is 1.56. The molecule has 0 radical (unpaired) electrons. The number of aliphatic hydroxyl groups is 1. The van der Waals surface area contributed by atoms with Gasteiger partial charge in [-0.2, -0.15) is 0 Å². The van der Waals surface area contributed by atoms with Crippen LogP contribution in [0.25, 0.3) is 0 Å². The van der Waals surface area contributed by atoms with Crippen molar-refractivity contribution >= 4 is 5.91 Å². The number of rotatable bonds is 6. The Bertz CT molecular complexity index is 390. The van der Waals surface area contributed by atoms with Crippen LogP contribution in [0.1, 0.15) is 35.2 Å². The smallest absolute Gasteiger partial charge is 0.251 e. The number of benzene rings is 1. The molecule has 3 heteroatoms. The molecule has 0 bridgehead atoms. The number of terminal acetylenes is 1. The second kappa shape index (κ2) is 7.48. The van der Waals surface area contributed by atoms with Gasteiger partial charge in [0.2, 0.25) is 0 Å². The van der Waals surface area contributed by atoms with Crippen molar-refractivity contribution in [1.82, 2.24) is 5.32 Å². The quantitative estimate of drug-likeness (QED) is 0.576. The first-order valence-electron chi connectivity index (χ1n) is 5.73.